The Hall–Kier alpha value is -4.47. The monoisotopic (exact) mass is 496 g/mol. The summed E-state index contributed by atoms with van der Waals surface area (Å²) in [6.45, 7) is 1.89. The second kappa shape index (κ2) is 11.8. The fraction of sp³-hybridized carbons (Fsp3) is 0.269. The molecule has 0 aliphatic rings. The maximum absolute atomic E-state index is 12.9. The second-order valence-electron chi connectivity index (χ2n) is 7.83. The van der Waals surface area contributed by atoms with Gasteiger partial charge >= 0.3 is 5.97 Å². The average Bonchev–Trinajstić information content (AvgIpc) is 2.87. The van der Waals surface area contributed by atoms with E-state index < -0.39 is 29.1 Å². The van der Waals surface area contributed by atoms with Gasteiger partial charge in [0.15, 0.2) is 11.5 Å². The van der Waals surface area contributed by atoms with E-state index in [0.717, 1.165) is 11.8 Å². The summed E-state index contributed by atoms with van der Waals surface area (Å²) in [5.41, 5.74) is 0.0452. The molecule has 190 valence electrons. The van der Waals surface area contributed by atoms with Crippen LogP contribution in [0.25, 0.3) is 0 Å². The Morgan fingerprint density at radius 3 is 2.39 bits per heavy atom. The summed E-state index contributed by atoms with van der Waals surface area (Å²) in [5.74, 6) is -2.19. The van der Waals surface area contributed by atoms with Crippen LogP contribution in [-0.2, 0) is 16.1 Å². The number of benzene rings is 2. The van der Waals surface area contributed by atoms with Crippen molar-refractivity contribution in [3.05, 3.63) is 81.3 Å². The van der Waals surface area contributed by atoms with Gasteiger partial charge in [-0.15, -0.1) is 0 Å². The SMILES string of the molecule is CCOC(=O)c1c[nH]c(=O)c(C(CC(=O)NCc2ccc(OC)cc2)c2ccc(OC)c(O)c2)c1O. The number of ether oxygens (including phenoxy) is 3. The summed E-state index contributed by atoms with van der Waals surface area (Å²) >= 11 is 0. The number of aromatic hydroxyl groups is 2. The predicted octanol–water partition coefficient (Wildman–Crippen LogP) is 2.82. The van der Waals surface area contributed by atoms with Crippen molar-refractivity contribution in [2.24, 2.45) is 0 Å². The number of hydrogen-bond acceptors (Lipinski definition) is 8. The van der Waals surface area contributed by atoms with Crippen molar-refractivity contribution in [1.29, 1.82) is 0 Å². The molecular formula is C26H28N2O8. The molecule has 1 aromatic heterocycles. The number of H-pyrrole nitrogens is 1. The quantitative estimate of drug-likeness (QED) is 0.313. The number of nitrogens with one attached hydrogen (secondary N) is 2. The Labute approximate surface area is 207 Å². The third-order valence-electron chi connectivity index (χ3n) is 5.59. The number of methoxy groups -OCH3 is 2. The number of pyridine rings is 1. The number of amides is 1. The van der Waals surface area contributed by atoms with E-state index in [4.69, 9.17) is 14.2 Å². The van der Waals surface area contributed by atoms with Crippen LogP contribution in [0.1, 0.15) is 46.3 Å². The highest BCUT2D eigenvalue weighted by Gasteiger charge is 2.28. The van der Waals surface area contributed by atoms with E-state index in [0.29, 0.717) is 11.3 Å². The highest BCUT2D eigenvalue weighted by Crippen LogP contribution is 2.37. The number of phenols is 1. The molecule has 0 fully saturated rings. The van der Waals surface area contributed by atoms with Gasteiger partial charge in [0.2, 0.25) is 5.91 Å². The molecule has 1 heterocycles. The number of phenolic OH excluding ortho intramolecular Hbond substituents is 1. The Morgan fingerprint density at radius 2 is 1.78 bits per heavy atom. The molecule has 2 aromatic carbocycles. The molecule has 0 aliphatic carbocycles. The largest absolute Gasteiger partial charge is 0.506 e. The van der Waals surface area contributed by atoms with Crippen molar-refractivity contribution in [3.63, 3.8) is 0 Å². The van der Waals surface area contributed by atoms with Crippen LogP contribution in [-0.4, -0.2) is 47.9 Å². The molecule has 10 heteroatoms. The molecule has 0 saturated heterocycles. The molecule has 0 aliphatic heterocycles. The summed E-state index contributed by atoms with van der Waals surface area (Å²) in [5, 5.41) is 24.0. The van der Waals surface area contributed by atoms with E-state index >= 15 is 0 Å². The smallest absolute Gasteiger partial charge is 0.343 e. The Kier molecular flexibility index (Phi) is 8.56. The fourth-order valence-electron chi connectivity index (χ4n) is 3.74. The van der Waals surface area contributed by atoms with Gasteiger partial charge in [0, 0.05) is 25.1 Å². The summed E-state index contributed by atoms with van der Waals surface area (Å²) < 4.78 is 15.2. The van der Waals surface area contributed by atoms with Crippen LogP contribution in [0.3, 0.4) is 0 Å². The zero-order valence-electron chi connectivity index (χ0n) is 20.2. The van der Waals surface area contributed by atoms with Gasteiger partial charge in [-0.05, 0) is 42.3 Å². The minimum absolute atomic E-state index is 0.0658. The van der Waals surface area contributed by atoms with E-state index in [-0.39, 0.29) is 42.2 Å². The van der Waals surface area contributed by atoms with Crippen LogP contribution in [0, 0.1) is 0 Å². The van der Waals surface area contributed by atoms with E-state index in [1.807, 2.05) is 0 Å². The molecule has 10 nitrogen and oxygen atoms in total. The highest BCUT2D eigenvalue weighted by molar-refractivity contribution is 5.92. The number of aromatic amines is 1. The molecule has 3 aromatic rings. The van der Waals surface area contributed by atoms with Crippen molar-refractivity contribution in [2.75, 3.05) is 20.8 Å². The summed E-state index contributed by atoms with van der Waals surface area (Å²) in [6, 6.07) is 11.5. The van der Waals surface area contributed by atoms with E-state index in [9.17, 15) is 24.6 Å². The maximum Gasteiger partial charge on any atom is 0.343 e. The van der Waals surface area contributed by atoms with Crippen LogP contribution in [0.5, 0.6) is 23.0 Å². The van der Waals surface area contributed by atoms with E-state index in [2.05, 4.69) is 10.3 Å². The summed E-state index contributed by atoms with van der Waals surface area (Å²) in [7, 11) is 2.94. The summed E-state index contributed by atoms with van der Waals surface area (Å²) in [4.78, 5) is 40.5. The first-order chi connectivity index (χ1) is 17.3. The number of esters is 1. The zero-order valence-corrected chi connectivity index (χ0v) is 20.2. The van der Waals surface area contributed by atoms with Crippen molar-refractivity contribution in [3.8, 4) is 23.0 Å². The van der Waals surface area contributed by atoms with Gasteiger partial charge in [0.25, 0.3) is 5.56 Å². The standard InChI is InChI=1S/C26H28N2O8/c1-4-36-26(33)19-14-28-25(32)23(24(19)31)18(16-7-10-21(35-3)20(29)11-16)12-22(30)27-13-15-5-8-17(34-2)9-6-15/h5-11,14,18,29H,4,12-13H2,1-3H3,(H,27,30)(H2,28,31,32). The highest BCUT2D eigenvalue weighted by atomic mass is 16.5. The number of carbonyl (C=O) groups is 2. The number of rotatable bonds is 10. The lowest BCUT2D eigenvalue weighted by Gasteiger charge is -2.20. The zero-order chi connectivity index (χ0) is 26.2. The van der Waals surface area contributed by atoms with Crippen LogP contribution in [0.4, 0.5) is 0 Å². The van der Waals surface area contributed by atoms with Crippen LogP contribution in [0.2, 0.25) is 0 Å². The van der Waals surface area contributed by atoms with Crippen molar-refractivity contribution in [1.82, 2.24) is 10.3 Å². The van der Waals surface area contributed by atoms with Gasteiger partial charge in [0.05, 0.1) is 26.4 Å². The van der Waals surface area contributed by atoms with Crippen LogP contribution in [0.15, 0.2) is 53.5 Å². The molecule has 1 atom stereocenters. The first kappa shape index (κ1) is 26.1. The van der Waals surface area contributed by atoms with Crippen molar-refractivity contribution in [2.45, 2.75) is 25.8 Å². The molecular weight excluding hydrogens is 468 g/mol. The molecule has 1 unspecified atom stereocenters. The lowest BCUT2D eigenvalue weighted by Crippen LogP contribution is -2.27. The molecule has 4 N–H and O–H groups in total. The van der Waals surface area contributed by atoms with Gasteiger partial charge in [0.1, 0.15) is 17.1 Å². The average molecular weight is 497 g/mol. The third kappa shape index (κ3) is 5.96. The first-order valence-electron chi connectivity index (χ1n) is 11.2. The van der Waals surface area contributed by atoms with Crippen molar-refractivity contribution >= 4 is 11.9 Å². The lowest BCUT2D eigenvalue weighted by atomic mass is 9.87. The van der Waals surface area contributed by atoms with E-state index in [1.54, 1.807) is 44.4 Å². The minimum atomic E-state index is -1.00. The molecule has 0 spiro atoms. The normalized spacial score (nSPS) is 11.4. The molecule has 0 radical (unpaired) electrons. The van der Waals surface area contributed by atoms with Crippen molar-refractivity contribution < 1.29 is 34.0 Å². The van der Waals surface area contributed by atoms with Crippen LogP contribution < -0.4 is 20.3 Å². The van der Waals surface area contributed by atoms with Crippen LogP contribution >= 0.6 is 0 Å². The summed E-state index contributed by atoms with van der Waals surface area (Å²) in [6.07, 6.45) is 0.802. The Morgan fingerprint density at radius 1 is 1.06 bits per heavy atom. The topological polar surface area (TPSA) is 147 Å². The minimum Gasteiger partial charge on any atom is -0.506 e. The van der Waals surface area contributed by atoms with Gasteiger partial charge in [-0.2, -0.15) is 0 Å². The number of hydrogen-bond donors (Lipinski definition) is 4. The predicted molar refractivity (Wildman–Crippen MR) is 131 cm³/mol. The second-order valence-corrected chi connectivity index (χ2v) is 7.83. The van der Waals surface area contributed by atoms with Gasteiger partial charge in [-0.25, -0.2) is 4.79 Å². The number of aromatic nitrogens is 1. The third-order valence-corrected chi connectivity index (χ3v) is 5.59. The molecule has 36 heavy (non-hydrogen) atoms. The van der Waals surface area contributed by atoms with Gasteiger partial charge in [-0.3, -0.25) is 9.59 Å². The maximum atomic E-state index is 12.9. The number of carbonyl (C=O) groups excluding carboxylic acids is 2. The molecule has 1 amide bonds. The first-order valence-corrected chi connectivity index (χ1v) is 11.2. The lowest BCUT2D eigenvalue weighted by molar-refractivity contribution is -0.121. The fourth-order valence-corrected chi connectivity index (χ4v) is 3.74. The Bertz CT molecular complexity index is 1280. The molecule has 0 bridgehead atoms. The molecule has 3 rings (SSSR count). The molecule has 0 saturated carbocycles. The Balaban J connectivity index is 1.96. The van der Waals surface area contributed by atoms with E-state index in [1.165, 1.54) is 19.2 Å². The van der Waals surface area contributed by atoms with Gasteiger partial charge < -0.3 is 34.7 Å². The van der Waals surface area contributed by atoms with Gasteiger partial charge in [-0.1, -0.05) is 18.2 Å².